The molecule has 7 nitrogen and oxygen atoms in total. The summed E-state index contributed by atoms with van der Waals surface area (Å²) in [6.07, 6.45) is 1.77. The highest BCUT2D eigenvalue weighted by Gasteiger charge is 2.35. The number of carbonyl (C=O) groups excluding carboxylic acids is 2. The van der Waals surface area contributed by atoms with E-state index in [0.717, 1.165) is 0 Å². The van der Waals surface area contributed by atoms with E-state index in [-0.39, 0.29) is 18.2 Å². The van der Waals surface area contributed by atoms with Gasteiger partial charge in [-0.3, -0.25) is 9.59 Å². The summed E-state index contributed by atoms with van der Waals surface area (Å²) in [4.78, 5) is 26.0. The molecule has 1 fully saturated rings. The van der Waals surface area contributed by atoms with E-state index in [0.29, 0.717) is 36.0 Å². The number of methoxy groups -OCH3 is 3. The molecule has 7 heteroatoms. The Morgan fingerprint density at radius 3 is 2.42 bits per heavy atom. The number of carbonyl (C=O) groups is 2. The van der Waals surface area contributed by atoms with Crippen molar-refractivity contribution in [3.05, 3.63) is 24.8 Å². The third-order valence-electron chi connectivity index (χ3n) is 3.88. The van der Waals surface area contributed by atoms with Gasteiger partial charge in [-0.25, -0.2) is 0 Å². The average Bonchev–Trinajstić information content (AvgIpc) is 3.00. The molecule has 1 N–H and O–H groups in total. The molecule has 0 bridgehead atoms. The second-order valence-electron chi connectivity index (χ2n) is 5.32. The van der Waals surface area contributed by atoms with Gasteiger partial charge in [-0.05, 0) is 0 Å². The molecule has 0 radical (unpaired) electrons. The summed E-state index contributed by atoms with van der Waals surface area (Å²) < 4.78 is 15.9. The van der Waals surface area contributed by atoms with Crippen LogP contribution >= 0.6 is 0 Å². The molecule has 2 rings (SSSR count). The molecule has 0 saturated carbocycles. The van der Waals surface area contributed by atoms with Gasteiger partial charge in [-0.15, -0.1) is 6.58 Å². The van der Waals surface area contributed by atoms with Crippen LogP contribution in [0, 0.1) is 5.92 Å². The van der Waals surface area contributed by atoms with Gasteiger partial charge < -0.3 is 24.4 Å². The lowest BCUT2D eigenvalue weighted by molar-refractivity contribution is -0.126. The number of nitrogens with one attached hydrogen (secondary N) is 1. The van der Waals surface area contributed by atoms with Crippen LogP contribution in [-0.4, -0.2) is 46.2 Å². The van der Waals surface area contributed by atoms with E-state index in [1.165, 1.54) is 21.3 Å². The van der Waals surface area contributed by atoms with E-state index in [2.05, 4.69) is 11.9 Å². The van der Waals surface area contributed by atoms with Crippen LogP contribution in [0.1, 0.15) is 6.42 Å². The molecule has 1 atom stereocenters. The van der Waals surface area contributed by atoms with Gasteiger partial charge in [0, 0.05) is 31.6 Å². The van der Waals surface area contributed by atoms with Crippen LogP contribution in [0.2, 0.25) is 0 Å². The van der Waals surface area contributed by atoms with Gasteiger partial charge in [-0.2, -0.15) is 0 Å². The van der Waals surface area contributed by atoms with Gasteiger partial charge in [0.05, 0.1) is 32.9 Å². The van der Waals surface area contributed by atoms with E-state index in [4.69, 9.17) is 14.2 Å². The van der Waals surface area contributed by atoms with Gasteiger partial charge in [-0.1, -0.05) is 6.08 Å². The van der Waals surface area contributed by atoms with Crippen molar-refractivity contribution in [3.63, 3.8) is 0 Å². The summed E-state index contributed by atoms with van der Waals surface area (Å²) >= 11 is 0. The predicted octanol–water partition coefficient (Wildman–Crippen LogP) is 1.37. The Bertz CT molecular complexity index is 619. The van der Waals surface area contributed by atoms with E-state index in [1.807, 2.05) is 0 Å². The zero-order valence-corrected chi connectivity index (χ0v) is 14.1. The summed E-state index contributed by atoms with van der Waals surface area (Å²) in [5, 5.41) is 2.72. The molecular weight excluding hydrogens is 312 g/mol. The second-order valence-corrected chi connectivity index (χ2v) is 5.32. The maximum absolute atomic E-state index is 12.3. The molecule has 24 heavy (non-hydrogen) atoms. The molecule has 1 aliphatic rings. The average molecular weight is 334 g/mol. The molecular formula is C17H22N2O5. The van der Waals surface area contributed by atoms with Gasteiger partial charge in [0.25, 0.3) is 0 Å². The molecule has 0 aliphatic carbocycles. The van der Waals surface area contributed by atoms with Gasteiger partial charge in [0.2, 0.25) is 17.6 Å². The molecule has 1 aromatic rings. The number of anilines is 1. The van der Waals surface area contributed by atoms with Gasteiger partial charge in [0.15, 0.2) is 11.5 Å². The molecule has 0 spiro atoms. The molecule has 2 amide bonds. The van der Waals surface area contributed by atoms with Crippen LogP contribution in [0.4, 0.5) is 5.69 Å². The molecule has 0 aromatic heterocycles. The Morgan fingerprint density at radius 1 is 1.29 bits per heavy atom. The zero-order chi connectivity index (χ0) is 17.7. The molecule has 1 aromatic carbocycles. The Hall–Kier alpha value is -2.70. The van der Waals surface area contributed by atoms with Crippen LogP contribution in [-0.2, 0) is 9.59 Å². The van der Waals surface area contributed by atoms with Crippen molar-refractivity contribution in [3.8, 4) is 17.2 Å². The largest absolute Gasteiger partial charge is 0.493 e. The SMILES string of the molecule is C=CCNC(=O)C1CC(=O)N(c2cc(OC)c(OC)c(OC)c2)C1. The maximum atomic E-state index is 12.3. The summed E-state index contributed by atoms with van der Waals surface area (Å²) in [5.74, 6) is 0.701. The summed E-state index contributed by atoms with van der Waals surface area (Å²) in [6, 6.07) is 3.40. The fourth-order valence-electron chi connectivity index (χ4n) is 2.67. The van der Waals surface area contributed by atoms with Crippen LogP contribution in [0.5, 0.6) is 17.2 Å². The highest BCUT2D eigenvalue weighted by Crippen LogP contribution is 2.42. The Kier molecular flexibility index (Phi) is 5.68. The number of amides is 2. The Labute approximate surface area is 141 Å². The van der Waals surface area contributed by atoms with Crippen molar-refractivity contribution < 1.29 is 23.8 Å². The fourth-order valence-corrected chi connectivity index (χ4v) is 2.67. The first-order chi connectivity index (χ1) is 11.5. The molecule has 130 valence electrons. The Balaban J connectivity index is 2.26. The number of hydrogen-bond donors (Lipinski definition) is 1. The van der Waals surface area contributed by atoms with E-state index in [9.17, 15) is 9.59 Å². The minimum Gasteiger partial charge on any atom is -0.493 e. The van der Waals surface area contributed by atoms with Gasteiger partial charge in [0.1, 0.15) is 0 Å². The summed E-state index contributed by atoms with van der Waals surface area (Å²) in [7, 11) is 4.54. The normalized spacial score (nSPS) is 16.7. The third kappa shape index (κ3) is 3.45. The minimum absolute atomic E-state index is 0.122. The lowest BCUT2D eigenvalue weighted by Crippen LogP contribution is -2.33. The second kappa shape index (κ2) is 7.72. The summed E-state index contributed by atoms with van der Waals surface area (Å²) in [5.41, 5.74) is 0.605. The first kappa shape index (κ1) is 17.7. The van der Waals surface area contributed by atoms with E-state index in [1.54, 1.807) is 23.1 Å². The quantitative estimate of drug-likeness (QED) is 0.762. The smallest absolute Gasteiger partial charge is 0.227 e. The zero-order valence-electron chi connectivity index (χ0n) is 14.1. The van der Waals surface area contributed by atoms with Crippen LogP contribution < -0.4 is 24.4 Å². The first-order valence-corrected chi connectivity index (χ1v) is 7.54. The first-order valence-electron chi connectivity index (χ1n) is 7.54. The van der Waals surface area contributed by atoms with Crippen molar-refractivity contribution >= 4 is 17.5 Å². The van der Waals surface area contributed by atoms with Gasteiger partial charge >= 0.3 is 0 Å². The van der Waals surface area contributed by atoms with Crippen LogP contribution in [0.3, 0.4) is 0 Å². The number of rotatable bonds is 7. The number of nitrogens with zero attached hydrogens (tertiary/aromatic N) is 1. The predicted molar refractivity (Wildman–Crippen MR) is 89.8 cm³/mol. The number of benzene rings is 1. The monoisotopic (exact) mass is 334 g/mol. The third-order valence-corrected chi connectivity index (χ3v) is 3.88. The minimum atomic E-state index is -0.392. The summed E-state index contributed by atoms with van der Waals surface area (Å²) in [6.45, 7) is 4.25. The Morgan fingerprint density at radius 2 is 1.92 bits per heavy atom. The van der Waals surface area contributed by atoms with Crippen LogP contribution in [0.25, 0.3) is 0 Å². The van der Waals surface area contributed by atoms with Crippen molar-refractivity contribution in [2.75, 3.05) is 39.3 Å². The molecule has 1 aliphatic heterocycles. The highest BCUT2D eigenvalue weighted by atomic mass is 16.5. The number of ether oxygens (including phenoxy) is 3. The highest BCUT2D eigenvalue weighted by molar-refractivity contribution is 6.00. The lowest BCUT2D eigenvalue weighted by Gasteiger charge is -2.20. The lowest BCUT2D eigenvalue weighted by atomic mass is 10.1. The standard InChI is InChI=1S/C17H22N2O5/c1-5-6-18-17(21)11-7-15(20)19(10-11)12-8-13(22-2)16(24-4)14(9-12)23-3/h5,8-9,11H,1,6-7,10H2,2-4H3,(H,18,21). The number of hydrogen-bond acceptors (Lipinski definition) is 5. The molecule has 1 unspecified atom stereocenters. The van der Waals surface area contributed by atoms with Crippen molar-refractivity contribution in [2.45, 2.75) is 6.42 Å². The molecule has 1 saturated heterocycles. The van der Waals surface area contributed by atoms with Crippen molar-refractivity contribution in [1.29, 1.82) is 0 Å². The van der Waals surface area contributed by atoms with Crippen LogP contribution in [0.15, 0.2) is 24.8 Å². The maximum Gasteiger partial charge on any atom is 0.227 e. The topological polar surface area (TPSA) is 77.1 Å². The fraction of sp³-hybridized carbons (Fsp3) is 0.412. The molecule has 1 heterocycles. The van der Waals surface area contributed by atoms with Crippen molar-refractivity contribution in [2.24, 2.45) is 5.92 Å². The van der Waals surface area contributed by atoms with Crippen molar-refractivity contribution in [1.82, 2.24) is 5.32 Å². The van der Waals surface area contributed by atoms with E-state index >= 15 is 0 Å². The van der Waals surface area contributed by atoms with E-state index < -0.39 is 5.92 Å².